The van der Waals surface area contributed by atoms with Gasteiger partial charge in [0.15, 0.2) is 0 Å². The van der Waals surface area contributed by atoms with Crippen molar-refractivity contribution in [1.82, 2.24) is 0 Å². The molecular weight excluding hydrogens is 217 g/mol. The molecule has 0 aliphatic rings. The topological polar surface area (TPSA) is 9.23 Å². The van der Waals surface area contributed by atoms with Gasteiger partial charge in [-0.2, -0.15) is 13.2 Å². The lowest BCUT2D eigenvalue weighted by molar-refractivity contribution is -0.137. The Morgan fingerprint density at radius 2 is 1.81 bits per heavy atom. The molecule has 0 saturated carbocycles. The van der Waals surface area contributed by atoms with E-state index in [0.717, 1.165) is 18.6 Å². The molecule has 0 N–H and O–H groups in total. The number of benzene rings is 1. The summed E-state index contributed by atoms with van der Waals surface area (Å²) in [6.07, 6.45) is -3.60. The summed E-state index contributed by atoms with van der Waals surface area (Å²) in [5.74, 6) is 0.252. The van der Waals surface area contributed by atoms with Crippen molar-refractivity contribution in [2.75, 3.05) is 0 Å². The first-order chi connectivity index (χ1) is 7.24. The summed E-state index contributed by atoms with van der Waals surface area (Å²) in [5.41, 5.74) is -1.14. The standard InChI is InChI=1S/C12H15F3O/c1-4-11(2,3)16-10-7-5-6-9(8-10)12(13,14)15/h5-8H,4H2,1-3H3. The van der Waals surface area contributed by atoms with Gasteiger partial charge in [0.25, 0.3) is 0 Å². The normalized spacial score (nSPS) is 12.6. The molecule has 0 aromatic heterocycles. The minimum Gasteiger partial charge on any atom is -0.488 e. The fraction of sp³-hybridized carbons (Fsp3) is 0.500. The largest absolute Gasteiger partial charge is 0.488 e. The second-order valence-corrected chi connectivity index (χ2v) is 4.24. The molecule has 16 heavy (non-hydrogen) atoms. The van der Waals surface area contributed by atoms with E-state index < -0.39 is 17.3 Å². The summed E-state index contributed by atoms with van der Waals surface area (Å²) in [5, 5.41) is 0. The van der Waals surface area contributed by atoms with Gasteiger partial charge in [0.05, 0.1) is 5.56 Å². The minimum atomic E-state index is -4.32. The monoisotopic (exact) mass is 232 g/mol. The van der Waals surface area contributed by atoms with Crippen molar-refractivity contribution in [2.24, 2.45) is 0 Å². The van der Waals surface area contributed by atoms with Crippen LogP contribution in [0.15, 0.2) is 24.3 Å². The van der Waals surface area contributed by atoms with E-state index in [0.29, 0.717) is 0 Å². The first kappa shape index (κ1) is 12.9. The molecule has 0 fully saturated rings. The van der Waals surface area contributed by atoms with Crippen LogP contribution in [0.1, 0.15) is 32.8 Å². The summed E-state index contributed by atoms with van der Waals surface area (Å²) >= 11 is 0. The maximum Gasteiger partial charge on any atom is 0.416 e. The van der Waals surface area contributed by atoms with Crippen molar-refractivity contribution < 1.29 is 17.9 Å². The molecular formula is C12H15F3O. The number of hydrogen-bond acceptors (Lipinski definition) is 1. The summed E-state index contributed by atoms with van der Waals surface area (Å²) in [4.78, 5) is 0. The molecule has 0 atom stereocenters. The first-order valence-corrected chi connectivity index (χ1v) is 5.11. The van der Waals surface area contributed by atoms with Crippen LogP contribution < -0.4 is 4.74 Å². The van der Waals surface area contributed by atoms with Gasteiger partial charge >= 0.3 is 6.18 Å². The molecule has 0 heterocycles. The van der Waals surface area contributed by atoms with Gasteiger partial charge < -0.3 is 4.74 Å². The molecule has 1 rings (SSSR count). The maximum absolute atomic E-state index is 12.4. The van der Waals surface area contributed by atoms with E-state index in [1.807, 2.05) is 20.8 Å². The molecule has 4 heteroatoms. The number of rotatable bonds is 3. The molecule has 1 nitrogen and oxygen atoms in total. The van der Waals surface area contributed by atoms with Gasteiger partial charge in [-0.05, 0) is 38.5 Å². The van der Waals surface area contributed by atoms with Crippen LogP contribution in [-0.2, 0) is 6.18 Å². The fourth-order valence-corrected chi connectivity index (χ4v) is 1.13. The Balaban J connectivity index is 2.92. The zero-order chi connectivity index (χ0) is 12.4. The van der Waals surface area contributed by atoms with Crippen LogP contribution in [0, 0.1) is 0 Å². The Labute approximate surface area is 93.2 Å². The SMILES string of the molecule is CCC(C)(C)Oc1cccc(C(F)(F)F)c1. The van der Waals surface area contributed by atoms with E-state index in [-0.39, 0.29) is 5.75 Å². The number of hydrogen-bond donors (Lipinski definition) is 0. The van der Waals surface area contributed by atoms with Crippen LogP contribution in [0.5, 0.6) is 5.75 Å². The lowest BCUT2D eigenvalue weighted by Gasteiger charge is -2.25. The molecule has 0 radical (unpaired) electrons. The first-order valence-electron chi connectivity index (χ1n) is 5.11. The molecule has 0 unspecified atom stereocenters. The Bertz CT molecular complexity index is 356. The van der Waals surface area contributed by atoms with Crippen molar-refractivity contribution in [3.05, 3.63) is 29.8 Å². The Hall–Kier alpha value is -1.19. The molecule has 0 aliphatic heterocycles. The van der Waals surface area contributed by atoms with Gasteiger partial charge in [-0.15, -0.1) is 0 Å². The maximum atomic E-state index is 12.4. The quantitative estimate of drug-likeness (QED) is 0.756. The van der Waals surface area contributed by atoms with E-state index >= 15 is 0 Å². The highest BCUT2D eigenvalue weighted by Crippen LogP contribution is 2.32. The molecule has 1 aromatic carbocycles. The second kappa shape index (κ2) is 4.36. The highest BCUT2D eigenvalue weighted by Gasteiger charge is 2.31. The fourth-order valence-electron chi connectivity index (χ4n) is 1.13. The summed E-state index contributed by atoms with van der Waals surface area (Å²) < 4.78 is 42.8. The smallest absolute Gasteiger partial charge is 0.416 e. The van der Waals surface area contributed by atoms with Crippen molar-refractivity contribution in [1.29, 1.82) is 0 Å². The average Bonchev–Trinajstić information content (AvgIpc) is 2.16. The van der Waals surface area contributed by atoms with Gasteiger partial charge in [-0.3, -0.25) is 0 Å². The van der Waals surface area contributed by atoms with E-state index in [1.54, 1.807) is 0 Å². The lowest BCUT2D eigenvalue weighted by atomic mass is 10.1. The average molecular weight is 232 g/mol. The van der Waals surface area contributed by atoms with Gasteiger partial charge in [-0.1, -0.05) is 13.0 Å². The molecule has 1 aromatic rings. The van der Waals surface area contributed by atoms with Crippen LogP contribution in [-0.4, -0.2) is 5.60 Å². The van der Waals surface area contributed by atoms with Crippen molar-refractivity contribution >= 4 is 0 Å². The molecule has 0 spiro atoms. The number of ether oxygens (including phenoxy) is 1. The zero-order valence-corrected chi connectivity index (χ0v) is 9.56. The van der Waals surface area contributed by atoms with Crippen molar-refractivity contribution in [3.63, 3.8) is 0 Å². The van der Waals surface area contributed by atoms with Crippen LogP contribution in [0.2, 0.25) is 0 Å². The minimum absolute atomic E-state index is 0.252. The molecule has 0 aliphatic carbocycles. The summed E-state index contributed by atoms with van der Waals surface area (Å²) in [6, 6.07) is 4.94. The van der Waals surface area contributed by atoms with E-state index in [9.17, 15) is 13.2 Å². The zero-order valence-electron chi connectivity index (χ0n) is 9.56. The van der Waals surface area contributed by atoms with Crippen LogP contribution >= 0.6 is 0 Å². The number of halogens is 3. The highest BCUT2D eigenvalue weighted by atomic mass is 19.4. The Morgan fingerprint density at radius 3 is 2.31 bits per heavy atom. The van der Waals surface area contributed by atoms with Gasteiger partial charge in [-0.25, -0.2) is 0 Å². The molecule has 0 bridgehead atoms. The summed E-state index contributed by atoms with van der Waals surface area (Å²) in [7, 11) is 0. The van der Waals surface area contributed by atoms with E-state index in [2.05, 4.69) is 0 Å². The molecule has 0 amide bonds. The molecule has 90 valence electrons. The van der Waals surface area contributed by atoms with E-state index in [1.165, 1.54) is 12.1 Å². The van der Waals surface area contributed by atoms with Gasteiger partial charge in [0.2, 0.25) is 0 Å². The Kier molecular flexibility index (Phi) is 3.51. The van der Waals surface area contributed by atoms with Crippen LogP contribution in [0.25, 0.3) is 0 Å². The third kappa shape index (κ3) is 3.43. The highest BCUT2D eigenvalue weighted by molar-refractivity contribution is 5.30. The van der Waals surface area contributed by atoms with E-state index in [4.69, 9.17) is 4.74 Å². The van der Waals surface area contributed by atoms with Crippen molar-refractivity contribution in [3.8, 4) is 5.75 Å². The summed E-state index contributed by atoms with van der Waals surface area (Å²) in [6.45, 7) is 5.61. The van der Waals surface area contributed by atoms with Crippen LogP contribution in [0.4, 0.5) is 13.2 Å². The predicted molar refractivity (Wildman–Crippen MR) is 56.4 cm³/mol. The van der Waals surface area contributed by atoms with Gasteiger partial charge in [0.1, 0.15) is 11.4 Å². The third-order valence-electron chi connectivity index (χ3n) is 2.41. The Morgan fingerprint density at radius 1 is 1.19 bits per heavy atom. The second-order valence-electron chi connectivity index (χ2n) is 4.24. The number of alkyl halides is 3. The predicted octanol–water partition coefficient (Wildman–Crippen LogP) is 4.27. The van der Waals surface area contributed by atoms with Gasteiger partial charge in [0, 0.05) is 0 Å². The molecule has 0 saturated heterocycles. The lowest BCUT2D eigenvalue weighted by Crippen LogP contribution is -2.26. The van der Waals surface area contributed by atoms with Crippen molar-refractivity contribution in [2.45, 2.75) is 39.0 Å². The third-order valence-corrected chi connectivity index (χ3v) is 2.41. The van der Waals surface area contributed by atoms with Crippen LogP contribution in [0.3, 0.4) is 0 Å².